The van der Waals surface area contributed by atoms with Crippen molar-refractivity contribution >= 4 is 57.3 Å². The number of nitrogens with zero attached hydrogens (tertiary/aromatic N) is 6. The van der Waals surface area contributed by atoms with E-state index in [0.29, 0.717) is 53.4 Å². The van der Waals surface area contributed by atoms with Gasteiger partial charge in [-0.3, -0.25) is 14.9 Å². The van der Waals surface area contributed by atoms with Gasteiger partial charge in [0.1, 0.15) is 29.1 Å². The molecule has 2 aromatic heterocycles. The lowest BCUT2D eigenvalue weighted by molar-refractivity contribution is -0.384. The Kier molecular flexibility index (Phi) is 6.24. The van der Waals surface area contributed by atoms with Crippen LogP contribution in [0.25, 0.3) is 10.8 Å². The van der Waals surface area contributed by atoms with Crippen LogP contribution in [0.4, 0.5) is 28.8 Å². The van der Waals surface area contributed by atoms with Gasteiger partial charge in [0, 0.05) is 49.4 Å². The van der Waals surface area contributed by atoms with E-state index in [1.807, 2.05) is 4.90 Å². The number of nitro benzene ring substituents is 1. The number of hydrogen-bond donors (Lipinski definition) is 3. The summed E-state index contributed by atoms with van der Waals surface area (Å²) in [4.78, 5) is 34.1. The normalized spacial score (nSPS) is 13.6. The number of nitro groups is 1. The Hall–Kier alpha value is -4.31. The average molecular weight is 481 g/mol. The molecule has 3 heterocycles. The summed E-state index contributed by atoms with van der Waals surface area (Å²) in [6, 6.07) is 10.2. The number of non-ortho nitro benzene ring substituents is 1. The van der Waals surface area contributed by atoms with Crippen LogP contribution in [0.5, 0.6) is 0 Å². The van der Waals surface area contributed by atoms with Gasteiger partial charge in [-0.15, -0.1) is 0 Å². The SMILES string of the molecule is N#Cc1c(N2CCN(c3ccc([N+](=O)[O-])cc3)CC2)nc(N)c2c(N)nc(SCC(=O)O)cc12. The summed E-state index contributed by atoms with van der Waals surface area (Å²) >= 11 is 1.00. The number of nitrogens with two attached hydrogens (primary N) is 2. The van der Waals surface area contributed by atoms with Crippen LogP contribution < -0.4 is 21.3 Å². The molecule has 1 aliphatic rings. The molecule has 34 heavy (non-hydrogen) atoms. The number of pyridine rings is 2. The number of fused-ring (bicyclic) bond motifs is 1. The number of piperazine rings is 1. The van der Waals surface area contributed by atoms with Crippen molar-refractivity contribution < 1.29 is 14.8 Å². The number of rotatable bonds is 6. The molecule has 5 N–H and O–H groups in total. The number of anilines is 4. The quantitative estimate of drug-likeness (QED) is 0.265. The fraction of sp³-hybridized carbons (Fsp3) is 0.238. The molecule has 0 radical (unpaired) electrons. The third kappa shape index (κ3) is 4.44. The summed E-state index contributed by atoms with van der Waals surface area (Å²) in [6.07, 6.45) is 0. The van der Waals surface area contributed by atoms with Crippen LogP contribution >= 0.6 is 11.8 Å². The number of carboxylic acids is 1. The molecule has 0 spiro atoms. The largest absolute Gasteiger partial charge is 0.481 e. The number of aromatic nitrogens is 2. The molecule has 0 aliphatic carbocycles. The summed E-state index contributed by atoms with van der Waals surface area (Å²) in [5, 5.41) is 31.0. The summed E-state index contributed by atoms with van der Waals surface area (Å²) in [7, 11) is 0. The maximum absolute atomic E-state index is 10.9. The van der Waals surface area contributed by atoms with Crippen molar-refractivity contribution in [2.45, 2.75) is 5.03 Å². The van der Waals surface area contributed by atoms with Crippen LogP contribution in [0.3, 0.4) is 0 Å². The highest BCUT2D eigenvalue weighted by molar-refractivity contribution is 7.99. The highest BCUT2D eigenvalue weighted by Gasteiger charge is 2.24. The lowest BCUT2D eigenvalue weighted by Gasteiger charge is -2.37. The number of carboxylic acid groups (broad SMARTS) is 1. The molecule has 13 heteroatoms. The van der Waals surface area contributed by atoms with Gasteiger partial charge in [-0.25, -0.2) is 9.97 Å². The smallest absolute Gasteiger partial charge is 0.313 e. The molecular weight excluding hydrogens is 460 g/mol. The monoisotopic (exact) mass is 480 g/mol. The fourth-order valence-electron chi connectivity index (χ4n) is 3.86. The second kappa shape index (κ2) is 9.28. The van der Waals surface area contributed by atoms with Gasteiger partial charge in [-0.2, -0.15) is 5.26 Å². The molecule has 1 saturated heterocycles. The maximum Gasteiger partial charge on any atom is 0.313 e. The van der Waals surface area contributed by atoms with Crippen LogP contribution in [0.15, 0.2) is 35.4 Å². The Labute approximate surface area is 197 Å². The number of nitrogen functional groups attached to an aromatic ring is 2. The van der Waals surface area contributed by atoms with Gasteiger partial charge in [0.2, 0.25) is 0 Å². The number of nitriles is 1. The van der Waals surface area contributed by atoms with E-state index < -0.39 is 10.9 Å². The highest BCUT2D eigenvalue weighted by Crippen LogP contribution is 2.36. The topological polar surface area (TPSA) is 189 Å². The molecule has 1 aromatic carbocycles. The Morgan fingerprint density at radius 1 is 1.15 bits per heavy atom. The van der Waals surface area contributed by atoms with E-state index in [1.165, 1.54) is 12.1 Å². The number of carbonyl (C=O) groups is 1. The first-order chi connectivity index (χ1) is 16.3. The van der Waals surface area contributed by atoms with Gasteiger partial charge < -0.3 is 26.4 Å². The van der Waals surface area contributed by atoms with Crippen LogP contribution in [-0.2, 0) is 4.79 Å². The highest BCUT2D eigenvalue weighted by atomic mass is 32.2. The van der Waals surface area contributed by atoms with Crippen LogP contribution in [0.1, 0.15) is 5.56 Å². The molecular formula is C21H20N8O4S. The zero-order valence-electron chi connectivity index (χ0n) is 17.8. The van der Waals surface area contributed by atoms with Crippen molar-refractivity contribution in [3.8, 4) is 6.07 Å². The second-order valence-corrected chi connectivity index (χ2v) is 8.50. The molecule has 0 atom stereocenters. The predicted octanol–water partition coefficient (Wildman–Crippen LogP) is 2.08. The number of aliphatic carboxylic acids is 1. The van der Waals surface area contributed by atoms with Gasteiger partial charge >= 0.3 is 5.97 Å². The minimum absolute atomic E-state index is 0.0338. The molecule has 0 unspecified atom stereocenters. The van der Waals surface area contributed by atoms with Crippen molar-refractivity contribution in [1.29, 1.82) is 5.26 Å². The molecule has 4 rings (SSSR count). The van der Waals surface area contributed by atoms with Gasteiger partial charge in [0.05, 0.1) is 21.1 Å². The minimum Gasteiger partial charge on any atom is -0.481 e. The Bertz CT molecular complexity index is 1320. The molecule has 3 aromatic rings. The molecule has 174 valence electrons. The number of benzene rings is 1. The summed E-state index contributed by atoms with van der Waals surface area (Å²) in [5.74, 6) is -0.539. The first kappa shape index (κ1) is 22.9. The Balaban J connectivity index is 1.62. The first-order valence-corrected chi connectivity index (χ1v) is 11.2. The van der Waals surface area contributed by atoms with Crippen LogP contribution in [-0.4, -0.2) is 57.9 Å². The molecule has 1 fully saturated rings. The van der Waals surface area contributed by atoms with Gasteiger partial charge in [0.15, 0.2) is 0 Å². The Morgan fingerprint density at radius 3 is 2.35 bits per heavy atom. The third-order valence-electron chi connectivity index (χ3n) is 5.46. The molecule has 1 aliphatic heterocycles. The molecule has 12 nitrogen and oxygen atoms in total. The van der Waals surface area contributed by atoms with Gasteiger partial charge in [0.25, 0.3) is 5.69 Å². The van der Waals surface area contributed by atoms with Crippen molar-refractivity contribution in [3.05, 3.63) is 46.0 Å². The van der Waals surface area contributed by atoms with Gasteiger partial charge in [-0.1, -0.05) is 11.8 Å². The van der Waals surface area contributed by atoms with Crippen molar-refractivity contribution in [1.82, 2.24) is 9.97 Å². The van der Waals surface area contributed by atoms with Crippen LogP contribution in [0, 0.1) is 21.4 Å². The third-order valence-corrected chi connectivity index (χ3v) is 6.36. The first-order valence-electron chi connectivity index (χ1n) is 10.2. The summed E-state index contributed by atoms with van der Waals surface area (Å²) in [5.41, 5.74) is 13.4. The molecule has 0 amide bonds. The summed E-state index contributed by atoms with van der Waals surface area (Å²) in [6.45, 7) is 2.32. The van der Waals surface area contributed by atoms with Crippen molar-refractivity contribution in [2.24, 2.45) is 0 Å². The minimum atomic E-state index is -0.994. The van der Waals surface area contributed by atoms with E-state index in [2.05, 4.69) is 20.9 Å². The van der Waals surface area contributed by atoms with Gasteiger partial charge in [-0.05, 0) is 18.2 Å². The number of thioether (sulfide) groups is 1. The lowest BCUT2D eigenvalue weighted by Crippen LogP contribution is -2.47. The molecule has 0 saturated carbocycles. The second-order valence-electron chi connectivity index (χ2n) is 7.51. The van der Waals surface area contributed by atoms with E-state index in [9.17, 15) is 20.2 Å². The van der Waals surface area contributed by atoms with Crippen molar-refractivity contribution in [2.75, 3.05) is 53.2 Å². The van der Waals surface area contributed by atoms with E-state index in [1.54, 1.807) is 18.2 Å². The predicted molar refractivity (Wildman–Crippen MR) is 129 cm³/mol. The zero-order chi connectivity index (χ0) is 24.4. The fourth-order valence-corrected chi connectivity index (χ4v) is 4.50. The maximum atomic E-state index is 10.9. The Morgan fingerprint density at radius 2 is 1.76 bits per heavy atom. The summed E-state index contributed by atoms with van der Waals surface area (Å²) < 4.78 is 0. The van der Waals surface area contributed by atoms with E-state index in [4.69, 9.17) is 16.6 Å². The average Bonchev–Trinajstić information content (AvgIpc) is 2.82. The standard InChI is InChI=1S/C21H20N8O4S/c22-10-15-14-9-16(34-11-17(30)31)25-19(23)18(14)20(24)26-21(15)28-7-5-27(6-8-28)12-1-3-13(4-2-12)29(32)33/h1-4,9H,5-8,11H2,(H2,23,25)(H2,24,26)(H,30,31). The van der Waals surface area contributed by atoms with E-state index in [0.717, 1.165) is 17.4 Å². The molecule has 0 bridgehead atoms. The van der Waals surface area contributed by atoms with Crippen LogP contribution in [0.2, 0.25) is 0 Å². The van der Waals surface area contributed by atoms with E-state index in [-0.39, 0.29) is 23.1 Å². The lowest BCUT2D eigenvalue weighted by atomic mass is 10.1. The zero-order valence-corrected chi connectivity index (χ0v) is 18.7. The van der Waals surface area contributed by atoms with E-state index >= 15 is 0 Å². The number of hydrogen-bond acceptors (Lipinski definition) is 11. The van der Waals surface area contributed by atoms with Crippen molar-refractivity contribution in [3.63, 3.8) is 0 Å².